The minimum Gasteiger partial charge on any atom is -0.360 e. The summed E-state index contributed by atoms with van der Waals surface area (Å²) >= 11 is 0. The number of nitrogens with zero attached hydrogens (tertiary/aromatic N) is 2. The van der Waals surface area contributed by atoms with Crippen molar-refractivity contribution >= 4 is 17.5 Å². The molecule has 31 heavy (non-hydrogen) atoms. The molecule has 2 saturated heterocycles. The molecule has 2 aromatic carbocycles. The quantitative estimate of drug-likeness (QED) is 0.721. The molecule has 0 aromatic heterocycles. The molecule has 4 atom stereocenters. The molecule has 4 heterocycles. The molecule has 2 fully saturated rings. The van der Waals surface area contributed by atoms with Crippen molar-refractivity contribution in [3.05, 3.63) is 77.4 Å². The third-order valence-electron chi connectivity index (χ3n) is 7.41. The number of ether oxygens (including phenoxy) is 1. The predicted octanol–water partition coefficient (Wildman–Crippen LogP) is 3.64. The van der Waals surface area contributed by atoms with Crippen molar-refractivity contribution in [2.24, 2.45) is 11.8 Å². The first kappa shape index (κ1) is 18.8. The molecule has 0 radical (unpaired) electrons. The van der Waals surface area contributed by atoms with Crippen molar-refractivity contribution in [2.75, 3.05) is 11.4 Å². The molecule has 4 aliphatic rings. The lowest BCUT2D eigenvalue weighted by molar-refractivity contribution is -0.140. The number of hydrogen-bond acceptors (Lipinski definition) is 3. The summed E-state index contributed by atoms with van der Waals surface area (Å²) in [6, 6.07) is 16.3. The SMILES string of the molecule is CC(C)c1ccc(N2C[C@]34C=C[C@H](O3)[C@@H](C(=O)N3Cc5ccccc5C3)[C@@H]4C2=O)cc1. The molecule has 2 aromatic rings. The summed E-state index contributed by atoms with van der Waals surface area (Å²) < 4.78 is 6.32. The van der Waals surface area contributed by atoms with Gasteiger partial charge in [-0.2, -0.15) is 0 Å². The zero-order valence-corrected chi connectivity index (χ0v) is 17.8. The number of carbonyl (C=O) groups is 2. The fraction of sp³-hybridized carbons (Fsp3) is 0.385. The monoisotopic (exact) mass is 414 g/mol. The molecule has 0 aliphatic carbocycles. The lowest BCUT2D eigenvalue weighted by Crippen LogP contribution is -2.44. The minimum atomic E-state index is -0.689. The molecule has 0 unspecified atom stereocenters. The van der Waals surface area contributed by atoms with Crippen LogP contribution in [0.3, 0.4) is 0 Å². The van der Waals surface area contributed by atoms with Crippen molar-refractivity contribution in [3.8, 4) is 0 Å². The lowest BCUT2D eigenvalue weighted by Gasteiger charge is -2.27. The number of hydrogen-bond donors (Lipinski definition) is 0. The van der Waals surface area contributed by atoms with Crippen LogP contribution in [0, 0.1) is 11.8 Å². The van der Waals surface area contributed by atoms with E-state index in [0.717, 1.165) is 5.69 Å². The minimum absolute atomic E-state index is 0.000733. The maximum Gasteiger partial charge on any atom is 0.234 e. The Morgan fingerprint density at radius 1 is 1.06 bits per heavy atom. The second kappa shape index (κ2) is 6.54. The van der Waals surface area contributed by atoms with E-state index in [4.69, 9.17) is 4.74 Å². The van der Waals surface area contributed by atoms with Crippen molar-refractivity contribution in [1.82, 2.24) is 4.90 Å². The van der Waals surface area contributed by atoms with Crippen LogP contribution in [0.15, 0.2) is 60.7 Å². The van der Waals surface area contributed by atoms with Crippen LogP contribution in [0.5, 0.6) is 0 Å². The van der Waals surface area contributed by atoms with E-state index in [1.54, 1.807) is 4.90 Å². The van der Waals surface area contributed by atoms with Gasteiger partial charge < -0.3 is 14.5 Å². The van der Waals surface area contributed by atoms with Crippen molar-refractivity contribution < 1.29 is 14.3 Å². The normalized spacial score (nSPS) is 30.4. The van der Waals surface area contributed by atoms with E-state index in [0.29, 0.717) is 25.6 Å². The van der Waals surface area contributed by atoms with Gasteiger partial charge in [0.05, 0.1) is 24.5 Å². The standard InChI is InChI=1S/C26H26N2O3/c1-16(2)17-7-9-20(10-8-17)28-15-26-12-11-21(31-26)22(23(26)25(28)30)24(29)27-13-18-5-3-4-6-19(18)14-27/h3-12,16,21-23H,13-15H2,1-2H3/t21-,22+,23+,26-/m0/s1. The van der Waals surface area contributed by atoms with E-state index in [1.165, 1.54) is 16.7 Å². The number of carbonyl (C=O) groups excluding carboxylic acids is 2. The second-order valence-corrected chi connectivity index (χ2v) is 9.53. The van der Waals surface area contributed by atoms with Crippen molar-refractivity contribution in [2.45, 2.75) is 44.6 Å². The van der Waals surface area contributed by atoms with Crippen molar-refractivity contribution in [3.63, 3.8) is 0 Å². The molecular formula is C26H26N2O3. The summed E-state index contributed by atoms with van der Waals surface area (Å²) in [5.41, 5.74) is 3.81. The molecule has 1 spiro atoms. The highest BCUT2D eigenvalue weighted by atomic mass is 16.5. The summed E-state index contributed by atoms with van der Waals surface area (Å²) in [5.74, 6) is -0.438. The third kappa shape index (κ3) is 2.66. The number of amides is 2. The number of rotatable bonds is 3. The Hall–Kier alpha value is -2.92. The highest BCUT2D eigenvalue weighted by molar-refractivity contribution is 6.03. The van der Waals surface area contributed by atoms with E-state index in [-0.39, 0.29) is 17.9 Å². The molecule has 2 amide bonds. The van der Waals surface area contributed by atoms with Gasteiger partial charge in [-0.05, 0) is 34.7 Å². The van der Waals surface area contributed by atoms with Gasteiger partial charge in [-0.15, -0.1) is 0 Å². The summed E-state index contributed by atoms with van der Waals surface area (Å²) in [7, 11) is 0. The molecule has 0 N–H and O–H groups in total. The van der Waals surface area contributed by atoms with E-state index >= 15 is 0 Å². The van der Waals surface area contributed by atoms with Crippen LogP contribution in [-0.4, -0.2) is 35.0 Å². The van der Waals surface area contributed by atoms with Gasteiger partial charge in [0.25, 0.3) is 0 Å². The van der Waals surface area contributed by atoms with Gasteiger partial charge >= 0.3 is 0 Å². The zero-order valence-electron chi connectivity index (χ0n) is 17.8. The van der Waals surface area contributed by atoms with Gasteiger partial charge in [0.15, 0.2) is 0 Å². The van der Waals surface area contributed by atoms with Crippen LogP contribution in [0.4, 0.5) is 5.69 Å². The number of anilines is 1. The maximum absolute atomic E-state index is 13.6. The largest absolute Gasteiger partial charge is 0.360 e. The summed E-state index contributed by atoms with van der Waals surface area (Å²) in [4.78, 5) is 30.9. The fourth-order valence-electron chi connectivity index (χ4n) is 5.74. The molecule has 2 bridgehead atoms. The fourth-order valence-corrected chi connectivity index (χ4v) is 5.74. The van der Waals surface area contributed by atoms with Crippen LogP contribution in [0.2, 0.25) is 0 Å². The Bertz CT molecular complexity index is 1080. The molecule has 158 valence electrons. The summed E-state index contributed by atoms with van der Waals surface area (Å²) in [6.07, 6.45) is 3.70. The molecule has 5 nitrogen and oxygen atoms in total. The Morgan fingerprint density at radius 3 is 2.39 bits per heavy atom. The summed E-state index contributed by atoms with van der Waals surface area (Å²) in [6.45, 7) is 5.99. The van der Waals surface area contributed by atoms with Gasteiger partial charge in [-0.3, -0.25) is 9.59 Å². The third-order valence-corrected chi connectivity index (χ3v) is 7.41. The van der Waals surface area contributed by atoms with Gasteiger partial charge in [-0.1, -0.05) is 62.4 Å². The Kier molecular flexibility index (Phi) is 3.97. The van der Waals surface area contributed by atoms with Gasteiger partial charge in [0.1, 0.15) is 5.60 Å². The molecule has 4 aliphatic heterocycles. The Labute approximate surface area is 182 Å². The Balaban J connectivity index is 1.28. The zero-order chi connectivity index (χ0) is 21.3. The van der Waals surface area contributed by atoms with Gasteiger partial charge in [0, 0.05) is 18.8 Å². The highest BCUT2D eigenvalue weighted by Gasteiger charge is 2.67. The van der Waals surface area contributed by atoms with Crippen LogP contribution in [0.1, 0.15) is 36.5 Å². The molecular weight excluding hydrogens is 388 g/mol. The first-order valence-corrected chi connectivity index (χ1v) is 11.1. The van der Waals surface area contributed by atoms with Crippen LogP contribution >= 0.6 is 0 Å². The van der Waals surface area contributed by atoms with E-state index < -0.39 is 17.4 Å². The number of benzene rings is 2. The summed E-state index contributed by atoms with van der Waals surface area (Å²) in [5, 5.41) is 0. The Morgan fingerprint density at radius 2 is 1.74 bits per heavy atom. The first-order chi connectivity index (χ1) is 15.0. The van der Waals surface area contributed by atoms with Crippen LogP contribution < -0.4 is 4.90 Å². The highest BCUT2D eigenvalue weighted by Crippen LogP contribution is 2.53. The average Bonchev–Trinajstić information content (AvgIpc) is 3.52. The van der Waals surface area contributed by atoms with Gasteiger partial charge in [0.2, 0.25) is 11.8 Å². The average molecular weight is 415 g/mol. The van der Waals surface area contributed by atoms with E-state index in [1.807, 2.05) is 41.3 Å². The molecule has 5 heteroatoms. The van der Waals surface area contributed by atoms with Crippen molar-refractivity contribution in [1.29, 1.82) is 0 Å². The molecule has 6 rings (SSSR count). The van der Waals surface area contributed by atoms with Gasteiger partial charge in [-0.25, -0.2) is 0 Å². The lowest BCUT2D eigenvalue weighted by atomic mass is 9.76. The van der Waals surface area contributed by atoms with E-state index in [2.05, 4.69) is 38.1 Å². The van der Waals surface area contributed by atoms with Crippen LogP contribution in [0.25, 0.3) is 0 Å². The topological polar surface area (TPSA) is 49.9 Å². The second-order valence-electron chi connectivity index (χ2n) is 9.53. The number of fused-ring (bicyclic) bond motifs is 2. The maximum atomic E-state index is 13.6. The van der Waals surface area contributed by atoms with E-state index in [9.17, 15) is 9.59 Å². The smallest absolute Gasteiger partial charge is 0.234 e. The van der Waals surface area contributed by atoms with Crippen LogP contribution in [-0.2, 0) is 27.4 Å². The molecule has 0 saturated carbocycles. The predicted molar refractivity (Wildman–Crippen MR) is 117 cm³/mol. The first-order valence-electron chi connectivity index (χ1n) is 11.1.